The molecule has 0 fully saturated rings. The van der Waals surface area contributed by atoms with Crippen LogP contribution in [-0.2, 0) is 0 Å². The van der Waals surface area contributed by atoms with E-state index in [1.165, 1.54) is 0 Å². The molecule has 0 aliphatic heterocycles. The number of nitrogens with zero attached hydrogens (tertiary/aromatic N) is 1. The summed E-state index contributed by atoms with van der Waals surface area (Å²) in [6.45, 7) is 1.60. The van der Waals surface area contributed by atoms with Crippen molar-refractivity contribution in [1.82, 2.24) is 4.98 Å². The van der Waals surface area contributed by atoms with Gasteiger partial charge in [0.15, 0.2) is 0 Å². The van der Waals surface area contributed by atoms with Gasteiger partial charge >= 0.3 is 0 Å². The molecule has 0 radical (unpaired) electrons. The minimum Gasteiger partial charge on any atom is -0.320 e. The van der Waals surface area contributed by atoms with Crippen molar-refractivity contribution in [2.45, 2.75) is 13.3 Å². The van der Waals surface area contributed by atoms with Gasteiger partial charge in [-0.3, -0.25) is 4.79 Å². The number of halogens is 3. The molecule has 1 heterocycles. The van der Waals surface area contributed by atoms with E-state index in [1.807, 2.05) is 42.5 Å². The fourth-order valence-corrected chi connectivity index (χ4v) is 3.72. The van der Waals surface area contributed by atoms with Crippen molar-refractivity contribution in [2.24, 2.45) is 0 Å². The Morgan fingerprint density at radius 1 is 1.16 bits per heavy atom. The second kappa shape index (κ2) is 7.41. The van der Waals surface area contributed by atoms with Crippen LogP contribution < -0.4 is 5.32 Å². The van der Waals surface area contributed by atoms with Gasteiger partial charge in [0, 0.05) is 10.0 Å². The number of carbonyl (C=O) groups excluding carboxylic acids is 1. The third-order valence-electron chi connectivity index (χ3n) is 3.51. The summed E-state index contributed by atoms with van der Waals surface area (Å²) in [6, 6.07) is 15.0. The smallest absolute Gasteiger partial charge is 0.282 e. The van der Waals surface area contributed by atoms with Gasteiger partial charge in [-0.15, -0.1) is 11.3 Å². The molecule has 0 saturated heterocycles. The van der Waals surface area contributed by atoms with Crippen LogP contribution in [0.5, 0.6) is 0 Å². The van der Waals surface area contributed by atoms with Crippen LogP contribution in [0, 0.1) is 6.92 Å². The number of benzene rings is 2. The molecule has 25 heavy (non-hydrogen) atoms. The average molecular weight is 423 g/mol. The Labute approximate surface area is 155 Å². The zero-order valence-corrected chi connectivity index (χ0v) is 15.5. The van der Waals surface area contributed by atoms with Crippen LogP contribution in [0.4, 0.5) is 14.5 Å². The maximum Gasteiger partial charge on any atom is 0.282 e. The van der Waals surface area contributed by atoms with Crippen LogP contribution in [-0.4, -0.2) is 10.9 Å². The van der Waals surface area contributed by atoms with Crippen molar-refractivity contribution >= 4 is 38.9 Å². The first-order chi connectivity index (χ1) is 12.0. The number of aryl methyl sites for hydroxylation is 1. The topological polar surface area (TPSA) is 42.0 Å². The summed E-state index contributed by atoms with van der Waals surface area (Å²) in [6.07, 6.45) is -2.79. The molecule has 3 nitrogen and oxygen atoms in total. The fourth-order valence-electron chi connectivity index (χ4n) is 2.43. The molecule has 0 spiro atoms. The summed E-state index contributed by atoms with van der Waals surface area (Å²) in [5, 5.41) is 3.18. The van der Waals surface area contributed by atoms with Crippen molar-refractivity contribution < 1.29 is 13.6 Å². The zero-order chi connectivity index (χ0) is 18.0. The first kappa shape index (κ1) is 17.7. The van der Waals surface area contributed by atoms with E-state index >= 15 is 0 Å². The summed E-state index contributed by atoms with van der Waals surface area (Å²) in [7, 11) is 0. The third kappa shape index (κ3) is 3.77. The van der Waals surface area contributed by atoms with Crippen LogP contribution in [0.2, 0.25) is 0 Å². The van der Waals surface area contributed by atoms with E-state index in [2.05, 4.69) is 26.2 Å². The lowest BCUT2D eigenvalue weighted by molar-refractivity contribution is 0.101. The predicted molar refractivity (Wildman–Crippen MR) is 99.3 cm³/mol. The van der Waals surface area contributed by atoms with E-state index in [1.54, 1.807) is 13.0 Å². The largest absolute Gasteiger partial charge is 0.320 e. The van der Waals surface area contributed by atoms with Gasteiger partial charge < -0.3 is 5.32 Å². The Morgan fingerprint density at radius 2 is 1.88 bits per heavy atom. The predicted octanol–water partition coefficient (Wildman–Crippen LogP) is 6.07. The van der Waals surface area contributed by atoms with Crippen LogP contribution >= 0.6 is 27.3 Å². The van der Waals surface area contributed by atoms with Gasteiger partial charge in [0.2, 0.25) is 0 Å². The van der Waals surface area contributed by atoms with Crippen molar-refractivity contribution in [3.05, 3.63) is 68.6 Å². The number of hydrogen-bond acceptors (Lipinski definition) is 3. The first-order valence-electron chi connectivity index (χ1n) is 7.38. The van der Waals surface area contributed by atoms with Gasteiger partial charge in [-0.05, 0) is 34.5 Å². The van der Waals surface area contributed by atoms with Gasteiger partial charge in [-0.2, -0.15) is 0 Å². The minimum absolute atomic E-state index is 0.0673. The molecule has 0 aliphatic rings. The molecule has 0 aliphatic carbocycles. The van der Waals surface area contributed by atoms with Gasteiger partial charge in [0.1, 0.15) is 10.6 Å². The Morgan fingerprint density at radius 3 is 2.56 bits per heavy atom. The summed E-state index contributed by atoms with van der Waals surface area (Å²) >= 11 is 4.38. The Kier molecular flexibility index (Phi) is 5.24. The number of carbonyl (C=O) groups is 1. The Bertz CT molecular complexity index is 913. The number of thiazole rings is 1. The van der Waals surface area contributed by atoms with Crippen LogP contribution in [0.3, 0.4) is 0 Å². The molecular formula is C18H13BrF2N2OS. The molecule has 1 amide bonds. The highest BCUT2D eigenvalue weighted by molar-refractivity contribution is 9.10. The van der Waals surface area contributed by atoms with E-state index in [9.17, 15) is 13.6 Å². The number of rotatable bonds is 4. The average Bonchev–Trinajstić information content (AvgIpc) is 3.00. The summed E-state index contributed by atoms with van der Waals surface area (Å²) in [5.41, 5.74) is 1.76. The molecule has 7 heteroatoms. The molecule has 2 aromatic carbocycles. The highest BCUT2D eigenvalue weighted by Crippen LogP contribution is 2.35. The standard InChI is InChI=1S/C18H13BrF2N2OS/c1-10-22-15(17(20)21)16(25-10)18(24)23-14-12(8-5-9-13(14)19)11-6-3-2-4-7-11/h2-9,17H,1H3,(H,23,24). The highest BCUT2D eigenvalue weighted by Gasteiger charge is 2.24. The van der Waals surface area contributed by atoms with E-state index in [0.29, 0.717) is 15.2 Å². The maximum atomic E-state index is 13.1. The SMILES string of the molecule is Cc1nc(C(F)F)c(C(=O)Nc2c(Br)cccc2-c2ccccc2)s1. The molecule has 3 rings (SSSR count). The molecule has 1 N–H and O–H groups in total. The lowest BCUT2D eigenvalue weighted by Crippen LogP contribution is -2.14. The van der Waals surface area contributed by atoms with Crippen LogP contribution in [0.15, 0.2) is 53.0 Å². The zero-order valence-electron chi connectivity index (χ0n) is 13.1. The number of alkyl halides is 2. The van der Waals surface area contributed by atoms with E-state index in [4.69, 9.17) is 0 Å². The monoisotopic (exact) mass is 422 g/mol. The fraction of sp³-hybridized carbons (Fsp3) is 0.111. The molecule has 0 saturated carbocycles. The van der Waals surface area contributed by atoms with Crippen LogP contribution in [0.25, 0.3) is 11.1 Å². The summed E-state index contributed by atoms with van der Waals surface area (Å²) in [4.78, 5) is 16.3. The Hall–Kier alpha value is -2.12. The second-order valence-electron chi connectivity index (χ2n) is 5.23. The molecule has 1 aromatic heterocycles. The molecule has 3 aromatic rings. The molecular weight excluding hydrogens is 410 g/mol. The maximum absolute atomic E-state index is 13.1. The number of aromatic nitrogens is 1. The van der Waals surface area contributed by atoms with E-state index in [0.717, 1.165) is 22.5 Å². The van der Waals surface area contributed by atoms with Crippen molar-refractivity contribution in [2.75, 3.05) is 5.32 Å². The summed E-state index contributed by atoms with van der Waals surface area (Å²) < 4.78 is 26.9. The Balaban J connectivity index is 2.00. The normalized spacial score (nSPS) is 10.9. The van der Waals surface area contributed by atoms with Crippen molar-refractivity contribution in [1.29, 1.82) is 0 Å². The quantitative estimate of drug-likeness (QED) is 0.554. The van der Waals surface area contributed by atoms with Crippen molar-refractivity contribution in [3.8, 4) is 11.1 Å². The molecule has 128 valence electrons. The van der Waals surface area contributed by atoms with E-state index in [-0.39, 0.29) is 4.88 Å². The number of nitrogens with one attached hydrogen (secondary N) is 1. The highest BCUT2D eigenvalue weighted by atomic mass is 79.9. The number of para-hydroxylation sites is 1. The van der Waals surface area contributed by atoms with Gasteiger partial charge in [-0.25, -0.2) is 13.8 Å². The van der Waals surface area contributed by atoms with Crippen molar-refractivity contribution in [3.63, 3.8) is 0 Å². The molecule has 0 unspecified atom stereocenters. The number of anilines is 1. The molecule has 0 bridgehead atoms. The second-order valence-corrected chi connectivity index (χ2v) is 7.29. The number of hydrogen-bond donors (Lipinski definition) is 1. The number of amides is 1. The molecule has 0 atom stereocenters. The lowest BCUT2D eigenvalue weighted by Gasteiger charge is -2.13. The lowest BCUT2D eigenvalue weighted by atomic mass is 10.0. The van der Waals surface area contributed by atoms with E-state index < -0.39 is 18.0 Å². The van der Waals surface area contributed by atoms with Gasteiger partial charge in [-0.1, -0.05) is 42.5 Å². The first-order valence-corrected chi connectivity index (χ1v) is 8.99. The van der Waals surface area contributed by atoms with Gasteiger partial charge in [0.25, 0.3) is 12.3 Å². The minimum atomic E-state index is -2.79. The van der Waals surface area contributed by atoms with Gasteiger partial charge in [0.05, 0.1) is 10.7 Å². The summed E-state index contributed by atoms with van der Waals surface area (Å²) in [5.74, 6) is -0.593. The van der Waals surface area contributed by atoms with Crippen LogP contribution in [0.1, 0.15) is 26.8 Å². The third-order valence-corrected chi connectivity index (χ3v) is 5.16.